The second-order valence-corrected chi connectivity index (χ2v) is 4.61. The summed E-state index contributed by atoms with van der Waals surface area (Å²) in [7, 11) is 0. The smallest absolute Gasteiger partial charge is 0.147 e. The van der Waals surface area contributed by atoms with Crippen LogP contribution in [-0.4, -0.2) is 0 Å². The van der Waals surface area contributed by atoms with Crippen molar-refractivity contribution in [3.05, 3.63) is 63.6 Å². The minimum Gasteiger partial charge on any atom is -0.489 e. The van der Waals surface area contributed by atoms with Crippen LogP contribution >= 0.6 is 15.9 Å². The van der Waals surface area contributed by atoms with Crippen LogP contribution < -0.4 is 4.74 Å². The van der Waals surface area contributed by atoms with Crippen molar-refractivity contribution in [2.45, 2.75) is 6.61 Å². The lowest BCUT2D eigenvalue weighted by Gasteiger charge is -2.08. The summed E-state index contributed by atoms with van der Waals surface area (Å²) in [6.07, 6.45) is 0. The van der Waals surface area contributed by atoms with E-state index in [2.05, 4.69) is 15.9 Å². The number of rotatable bonds is 3. The lowest BCUT2D eigenvalue weighted by atomic mass is 10.1. The molecule has 0 N–H and O–H groups in total. The topological polar surface area (TPSA) is 33.0 Å². The van der Waals surface area contributed by atoms with Crippen LogP contribution in [0.15, 0.2) is 40.9 Å². The quantitative estimate of drug-likeness (QED) is 0.849. The fraction of sp³-hybridized carbons (Fsp3) is 0.0714. The zero-order valence-corrected chi connectivity index (χ0v) is 11.2. The van der Waals surface area contributed by atoms with Gasteiger partial charge in [-0.05, 0) is 40.2 Å². The van der Waals surface area contributed by atoms with Crippen molar-refractivity contribution in [1.29, 1.82) is 5.26 Å². The van der Waals surface area contributed by atoms with Gasteiger partial charge in [0.05, 0.1) is 10.0 Å². The summed E-state index contributed by atoms with van der Waals surface area (Å²) in [4.78, 5) is 0. The minimum atomic E-state index is -0.592. The van der Waals surface area contributed by atoms with E-state index in [1.807, 2.05) is 0 Å². The molecule has 0 saturated heterocycles. The van der Waals surface area contributed by atoms with E-state index in [0.29, 0.717) is 5.75 Å². The van der Waals surface area contributed by atoms with Crippen molar-refractivity contribution in [2.24, 2.45) is 0 Å². The van der Waals surface area contributed by atoms with Crippen LogP contribution in [0.25, 0.3) is 0 Å². The van der Waals surface area contributed by atoms with Crippen LogP contribution in [0.2, 0.25) is 0 Å². The van der Waals surface area contributed by atoms with Crippen molar-refractivity contribution >= 4 is 15.9 Å². The van der Waals surface area contributed by atoms with Crippen LogP contribution in [0.4, 0.5) is 8.78 Å². The van der Waals surface area contributed by atoms with Gasteiger partial charge in [0.2, 0.25) is 0 Å². The lowest BCUT2D eigenvalue weighted by Crippen LogP contribution is -2.00. The molecule has 0 bridgehead atoms. The molecule has 19 heavy (non-hydrogen) atoms. The molecule has 0 aromatic heterocycles. The Morgan fingerprint density at radius 3 is 2.68 bits per heavy atom. The largest absolute Gasteiger partial charge is 0.489 e. The second-order valence-electron chi connectivity index (χ2n) is 3.76. The Bertz CT molecular complexity index is 652. The molecule has 2 aromatic carbocycles. The molecule has 0 spiro atoms. The highest BCUT2D eigenvalue weighted by molar-refractivity contribution is 9.10. The van der Waals surface area contributed by atoms with Crippen molar-refractivity contribution in [3.63, 3.8) is 0 Å². The zero-order chi connectivity index (χ0) is 13.8. The normalized spacial score (nSPS) is 10.0. The predicted molar refractivity (Wildman–Crippen MR) is 69.5 cm³/mol. The number of nitrogens with zero attached hydrogens (tertiary/aromatic N) is 1. The summed E-state index contributed by atoms with van der Waals surface area (Å²) >= 11 is 3.04. The Labute approximate surface area is 117 Å². The summed E-state index contributed by atoms with van der Waals surface area (Å²) in [5, 5.41) is 8.72. The number of hydrogen-bond acceptors (Lipinski definition) is 2. The summed E-state index contributed by atoms with van der Waals surface area (Å²) in [6, 6.07) is 10.4. The van der Waals surface area contributed by atoms with Crippen LogP contribution in [0.5, 0.6) is 5.75 Å². The molecule has 0 aliphatic rings. The van der Waals surface area contributed by atoms with E-state index in [1.165, 1.54) is 30.3 Å². The van der Waals surface area contributed by atoms with Gasteiger partial charge in [-0.15, -0.1) is 0 Å². The number of hydrogen-bond donors (Lipinski definition) is 0. The van der Waals surface area contributed by atoms with Gasteiger partial charge in [-0.1, -0.05) is 12.1 Å². The number of ether oxygens (including phenoxy) is 1. The average molecular weight is 324 g/mol. The first-order valence-electron chi connectivity index (χ1n) is 5.37. The van der Waals surface area contributed by atoms with E-state index in [0.717, 1.165) is 0 Å². The predicted octanol–water partition coefficient (Wildman–Crippen LogP) is 4.18. The first-order chi connectivity index (χ1) is 9.11. The molecule has 0 heterocycles. The highest BCUT2D eigenvalue weighted by Gasteiger charge is 2.08. The van der Waals surface area contributed by atoms with E-state index in [9.17, 15) is 8.78 Å². The highest BCUT2D eigenvalue weighted by atomic mass is 79.9. The average Bonchev–Trinajstić information content (AvgIpc) is 2.41. The molecule has 0 saturated carbocycles. The van der Waals surface area contributed by atoms with E-state index in [-0.39, 0.29) is 22.2 Å². The molecule has 0 aliphatic heterocycles. The number of nitriles is 1. The van der Waals surface area contributed by atoms with Gasteiger partial charge in [-0.2, -0.15) is 5.26 Å². The third-order valence-electron chi connectivity index (χ3n) is 2.48. The van der Waals surface area contributed by atoms with Gasteiger partial charge in [0, 0.05) is 5.56 Å². The molecule has 96 valence electrons. The molecule has 0 amide bonds. The molecule has 0 aliphatic carbocycles. The molecular formula is C14H8BrF2NO. The van der Waals surface area contributed by atoms with Crippen molar-refractivity contribution < 1.29 is 13.5 Å². The lowest BCUT2D eigenvalue weighted by molar-refractivity contribution is 0.299. The monoisotopic (exact) mass is 323 g/mol. The maximum Gasteiger partial charge on any atom is 0.147 e. The van der Waals surface area contributed by atoms with Gasteiger partial charge in [-0.25, -0.2) is 8.78 Å². The zero-order valence-electron chi connectivity index (χ0n) is 9.66. The van der Waals surface area contributed by atoms with Gasteiger partial charge in [0.15, 0.2) is 0 Å². The Kier molecular flexibility index (Phi) is 4.13. The van der Waals surface area contributed by atoms with E-state index in [1.54, 1.807) is 12.1 Å². The fourth-order valence-corrected chi connectivity index (χ4v) is 1.86. The Hall–Kier alpha value is -1.93. The maximum atomic E-state index is 13.7. The van der Waals surface area contributed by atoms with E-state index < -0.39 is 11.6 Å². The Balaban J connectivity index is 2.15. The maximum absolute atomic E-state index is 13.7. The van der Waals surface area contributed by atoms with Crippen LogP contribution in [0.3, 0.4) is 0 Å². The van der Waals surface area contributed by atoms with Crippen molar-refractivity contribution in [1.82, 2.24) is 0 Å². The van der Waals surface area contributed by atoms with E-state index in [4.69, 9.17) is 10.00 Å². The van der Waals surface area contributed by atoms with Gasteiger partial charge < -0.3 is 4.74 Å². The molecule has 5 heteroatoms. The first kappa shape index (κ1) is 13.5. The molecular weight excluding hydrogens is 316 g/mol. The molecule has 0 radical (unpaired) electrons. The minimum absolute atomic E-state index is 0.0265. The van der Waals surface area contributed by atoms with Crippen LogP contribution in [0.1, 0.15) is 11.1 Å². The van der Waals surface area contributed by atoms with Crippen LogP contribution in [0, 0.1) is 23.0 Å². The Morgan fingerprint density at radius 2 is 2.00 bits per heavy atom. The molecule has 2 rings (SSSR count). The number of benzene rings is 2. The standard InChI is InChI=1S/C14H8BrF2NO/c15-12-6-11(4-5-13(12)16)19-8-10-3-1-2-9(7-18)14(10)17/h1-6H,8H2. The number of halogens is 3. The summed E-state index contributed by atoms with van der Waals surface area (Å²) in [5.74, 6) is -0.578. The third-order valence-corrected chi connectivity index (χ3v) is 3.09. The van der Waals surface area contributed by atoms with Crippen LogP contribution in [-0.2, 0) is 6.61 Å². The van der Waals surface area contributed by atoms with Gasteiger partial charge in [0.1, 0.15) is 30.1 Å². The molecule has 0 unspecified atom stereocenters. The third kappa shape index (κ3) is 3.09. The van der Waals surface area contributed by atoms with Gasteiger partial charge in [-0.3, -0.25) is 0 Å². The van der Waals surface area contributed by atoms with Gasteiger partial charge >= 0.3 is 0 Å². The summed E-state index contributed by atoms with van der Waals surface area (Å²) in [5.41, 5.74) is 0.251. The SMILES string of the molecule is N#Cc1cccc(COc2ccc(F)c(Br)c2)c1F. The molecule has 2 nitrogen and oxygen atoms in total. The molecule has 0 fully saturated rings. The molecule has 0 atom stereocenters. The summed E-state index contributed by atoms with van der Waals surface area (Å²) in [6.45, 7) is -0.0283. The molecule has 2 aromatic rings. The van der Waals surface area contributed by atoms with Gasteiger partial charge in [0.25, 0.3) is 0 Å². The first-order valence-corrected chi connectivity index (χ1v) is 6.16. The highest BCUT2D eigenvalue weighted by Crippen LogP contribution is 2.23. The summed E-state index contributed by atoms with van der Waals surface area (Å²) < 4.78 is 32.4. The second kappa shape index (κ2) is 5.81. The van der Waals surface area contributed by atoms with Crippen molar-refractivity contribution in [3.8, 4) is 11.8 Å². The Morgan fingerprint density at radius 1 is 1.21 bits per heavy atom. The van der Waals surface area contributed by atoms with Crippen molar-refractivity contribution in [2.75, 3.05) is 0 Å². The fourth-order valence-electron chi connectivity index (χ4n) is 1.51. The van der Waals surface area contributed by atoms with E-state index >= 15 is 0 Å².